The Morgan fingerprint density at radius 2 is 1.09 bits per heavy atom. The normalized spacial score (nSPS) is 10.6. The summed E-state index contributed by atoms with van der Waals surface area (Å²) in [4.78, 5) is 21.0. The molecule has 7 aromatic rings. The van der Waals surface area contributed by atoms with E-state index in [9.17, 15) is 4.79 Å². The Labute approximate surface area is 321 Å². The lowest BCUT2D eigenvalue weighted by atomic mass is 10.1. The summed E-state index contributed by atoms with van der Waals surface area (Å²) in [5.41, 5.74) is 10.4. The smallest absolute Gasteiger partial charge is 0.325 e. The largest absolute Gasteiger partial charge is 0.493 e. The molecule has 4 N–H and O–H groups in total. The maximum absolute atomic E-state index is 12.2. The predicted molar refractivity (Wildman–Crippen MR) is 214 cm³/mol. The monoisotopic (exact) mass is 761 g/mol. The molecule has 2 amide bonds. The van der Waals surface area contributed by atoms with Crippen LogP contribution in [0.5, 0.6) is 46.0 Å². The molecule has 0 radical (unpaired) electrons. The standard InChI is InChI=1S/C22H21N5O4S.C18H18N2O3/c1-12-9-14(24-21(28)25-22-27-26-13(2)32-22)5-6-17(12)31-18-7-8-23-16-11-20(30-4)19(29-3)10-15(16)18;1-11-8-12(19)4-5-15(11)23-16-6-7-20-14-10-18(22-3)17(21-2)9-13(14)16/h5-11H,1-4H3,(H2,24,25,27,28);4-10H,19H2,1-3H3. The zero-order valence-corrected chi connectivity index (χ0v) is 32.0. The van der Waals surface area contributed by atoms with Crippen molar-refractivity contribution in [2.75, 3.05) is 44.8 Å². The Kier molecular flexibility index (Phi) is 11.6. The first-order chi connectivity index (χ1) is 26.6. The molecule has 0 fully saturated rings. The van der Waals surface area contributed by atoms with Crippen LogP contribution in [-0.4, -0.2) is 54.6 Å². The fourth-order valence-corrected chi connectivity index (χ4v) is 6.13. The number of fused-ring (bicyclic) bond motifs is 2. The Balaban J connectivity index is 0.000000197. The van der Waals surface area contributed by atoms with E-state index in [0.29, 0.717) is 56.8 Å². The minimum absolute atomic E-state index is 0.393. The van der Waals surface area contributed by atoms with Crippen LogP contribution in [0.2, 0.25) is 0 Å². The summed E-state index contributed by atoms with van der Waals surface area (Å²) < 4.78 is 33.7. The van der Waals surface area contributed by atoms with Gasteiger partial charge in [-0.05, 0) is 92.6 Å². The number of carbonyl (C=O) groups excluding carboxylic acids is 1. The van der Waals surface area contributed by atoms with E-state index >= 15 is 0 Å². The van der Waals surface area contributed by atoms with E-state index < -0.39 is 6.03 Å². The minimum atomic E-state index is -0.393. The van der Waals surface area contributed by atoms with Crippen molar-refractivity contribution in [1.82, 2.24) is 20.2 Å². The van der Waals surface area contributed by atoms with Gasteiger partial charge in [0.25, 0.3) is 0 Å². The highest BCUT2D eigenvalue weighted by Gasteiger charge is 2.15. The first-order valence-corrected chi connectivity index (χ1v) is 17.6. The molecule has 0 aliphatic heterocycles. The van der Waals surface area contributed by atoms with Gasteiger partial charge < -0.3 is 39.5 Å². The molecular formula is C40H39N7O7S. The number of ether oxygens (including phenoxy) is 6. The maximum atomic E-state index is 12.2. The average Bonchev–Trinajstić information content (AvgIpc) is 3.59. The lowest BCUT2D eigenvalue weighted by Crippen LogP contribution is -2.19. The van der Waals surface area contributed by atoms with Gasteiger partial charge in [-0.25, -0.2) is 4.79 Å². The number of amides is 2. The quantitative estimate of drug-likeness (QED) is 0.113. The highest BCUT2D eigenvalue weighted by Crippen LogP contribution is 2.39. The molecule has 0 aliphatic rings. The third kappa shape index (κ3) is 8.85. The SMILES string of the molecule is COc1cc2nccc(Oc3ccc(N)cc3C)c2cc1OC.COc1cc2nccc(Oc3ccc(NC(=O)Nc4nnc(C)s4)cc3C)c2cc1OC. The van der Waals surface area contributed by atoms with Gasteiger partial charge in [0.2, 0.25) is 5.13 Å². The van der Waals surface area contributed by atoms with Crippen LogP contribution in [-0.2, 0) is 0 Å². The summed E-state index contributed by atoms with van der Waals surface area (Å²) in [5.74, 6) is 5.18. The molecular weight excluding hydrogens is 723 g/mol. The number of urea groups is 1. The Hall–Kier alpha value is -6.87. The molecule has 55 heavy (non-hydrogen) atoms. The number of benzene rings is 4. The predicted octanol–water partition coefficient (Wildman–Crippen LogP) is 9.09. The summed E-state index contributed by atoms with van der Waals surface area (Å²) in [6, 6.07) is 21.5. The number of nitrogen functional groups attached to an aromatic ring is 1. The van der Waals surface area contributed by atoms with E-state index in [2.05, 4.69) is 30.8 Å². The van der Waals surface area contributed by atoms with Gasteiger partial charge in [-0.1, -0.05) is 11.3 Å². The zero-order chi connectivity index (χ0) is 39.1. The second kappa shape index (κ2) is 16.9. The molecule has 4 aromatic carbocycles. The van der Waals surface area contributed by atoms with Crippen LogP contribution in [0.15, 0.2) is 85.2 Å². The summed E-state index contributed by atoms with van der Waals surface area (Å²) in [6.45, 7) is 5.68. The zero-order valence-electron chi connectivity index (χ0n) is 31.2. The molecule has 3 aromatic heterocycles. The van der Waals surface area contributed by atoms with Crippen molar-refractivity contribution >= 4 is 55.7 Å². The van der Waals surface area contributed by atoms with Crippen LogP contribution in [0.4, 0.5) is 21.3 Å². The van der Waals surface area contributed by atoms with Gasteiger partial charge in [0.1, 0.15) is 28.0 Å². The van der Waals surface area contributed by atoms with Crippen LogP contribution < -0.4 is 44.8 Å². The first kappa shape index (κ1) is 37.9. The van der Waals surface area contributed by atoms with Gasteiger partial charge in [0, 0.05) is 46.7 Å². The van der Waals surface area contributed by atoms with E-state index in [1.165, 1.54) is 11.3 Å². The van der Waals surface area contributed by atoms with Crippen LogP contribution >= 0.6 is 11.3 Å². The van der Waals surface area contributed by atoms with Crippen LogP contribution in [0, 0.1) is 20.8 Å². The number of nitrogens with zero attached hydrogens (tertiary/aromatic N) is 4. The number of methoxy groups -OCH3 is 4. The number of hydrogen-bond donors (Lipinski definition) is 3. The number of nitrogens with two attached hydrogens (primary N) is 1. The van der Waals surface area contributed by atoms with Gasteiger partial charge in [-0.2, -0.15) is 0 Å². The Morgan fingerprint density at radius 3 is 1.56 bits per heavy atom. The van der Waals surface area contributed by atoms with Crippen LogP contribution in [0.25, 0.3) is 21.8 Å². The molecule has 0 saturated heterocycles. The molecule has 0 aliphatic carbocycles. The van der Waals surface area contributed by atoms with E-state index in [-0.39, 0.29) is 0 Å². The molecule has 0 bridgehead atoms. The molecule has 0 saturated carbocycles. The third-order valence-corrected chi connectivity index (χ3v) is 8.99. The average molecular weight is 762 g/mol. The number of nitrogens with one attached hydrogen (secondary N) is 2. The fraction of sp³-hybridized carbons (Fsp3) is 0.175. The fourth-order valence-electron chi connectivity index (χ4n) is 5.55. The maximum Gasteiger partial charge on any atom is 0.325 e. The highest BCUT2D eigenvalue weighted by atomic mass is 32.1. The molecule has 14 nitrogen and oxygen atoms in total. The summed E-state index contributed by atoms with van der Waals surface area (Å²) in [5, 5.41) is 16.0. The third-order valence-electron chi connectivity index (χ3n) is 8.23. The van der Waals surface area contributed by atoms with Crippen LogP contribution in [0.3, 0.4) is 0 Å². The van der Waals surface area contributed by atoms with Crippen molar-refractivity contribution in [3.8, 4) is 46.0 Å². The van der Waals surface area contributed by atoms with Crippen molar-refractivity contribution in [3.05, 3.63) is 101 Å². The lowest BCUT2D eigenvalue weighted by Gasteiger charge is -2.14. The van der Waals surface area contributed by atoms with Gasteiger partial charge in [0.05, 0.1) is 39.5 Å². The highest BCUT2D eigenvalue weighted by molar-refractivity contribution is 7.15. The number of aryl methyl sites for hydroxylation is 3. The Morgan fingerprint density at radius 1 is 0.582 bits per heavy atom. The number of rotatable bonds is 10. The molecule has 3 heterocycles. The number of carbonyl (C=O) groups is 1. The molecule has 7 rings (SSSR count). The Bertz CT molecular complexity index is 2490. The van der Waals surface area contributed by atoms with Crippen molar-refractivity contribution < 1.29 is 33.2 Å². The van der Waals surface area contributed by atoms with E-state index in [0.717, 1.165) is 43.7 Å². The van der Waals surface area contributed by atoms with E-state index in [1.54, 1.807) is 65.1 Å². The van der Waals surface area contributed by atoms with Crippen LogP contribution in [0.1, 0.15) is 16.1 Å². The number of pyridine rings is 2. The summed E-state index contributed by atoms with van der Waals surface area (Å²) in [7, 11) is 6.36. The lowest BCUT2D eigenvalue weighted by molar-refractivity contribution is 0.262. The first-order valence-electron chi connectivity index (χ1n) is 16.8. The van der Waals surface area contributed by atoms with E-state index in [1.807, 2.05) is 69.3 Å². The second-order valence-electron chi connectivity index (χ2n) is 12.0. The molecule has 0 atom stereocenters. The molecule has 15 heteroatoms. The van der Waals surface area contributed by atoms with Crippen molar-refractivity contribution in [1.29, 1.82) is 0 Å². The summed E-state index contributed by atoms with van der Waals surface area (Å²) >= 11 is 1.30. The van der Waals surface area contributed by atoms with Crippen molar-refractivity contribution in [2.24, 2.45) is 0 Å². The minimum Gasteiger partial charge on any atom is -0.493 e. The van der Waals surface area contributed by atoms with Gasteiger partial charge in [0.15, 0.2) is 23.0 Å². The topological polar surface area (TPSA) is 174 Å². The second-order valence-corrected chi connectivity index (χ2v) is 13.2. The molecule has 0 unspecified atom stereocenters. The van der Waals surface area contributed by atoms with Crippen molar-refractivity contribution in [2.45, 2.75) is 20.8 Å². The van der Waals surface area contributed by atoms with Gasteiger partial charge >= 0.3 is 6.03 Å². The van der Waals surface area contributed by atoms with Gasteiger partial charge in [-0.3, -0.25) is 15.3 Å². The molecule has 282 valence electrons. The number of aromatic nitrogens is 4. The van der Waals surface area contributed by atoms with E-state index in [4.69, 9.17) is 34.2 Å². The van der Waals surface area contributed by atoms with Gasteiger partial charge in [-0.15, -0.1) is 10.2 Å². The van der Waals surface area contributed by atoms with Crippen molar-refractivity contribution in [3.63, 3.8) is 0 Å². The summed E-state index contributed by atoms with van der Waals surface area (Å²) in [6.07, 6.45) is 3.38. The number of anilines is 3. The molecule has 0 spiro atoms. The number of hydrogen-bond acceptors (Lipinski definition) is 13.